The summed E-state index contributed by atoms with van der Waals surface area (Å²) in [6.07, 6.45) is 5.32. The lowest BCUT2D eigenvalue weighted by Crippen LogP contribution is -2.61. The smallest absolute Gasteiger partial charge is 0.243 e. The maximum absolute atomic E-state index is 11.8. The van der Waals surface area contributed by atoms with Crippen LogP contribution in [0.25, 0.3) is 0 Å². The van der Waals surface area contributed by atoms with Crippen molar-refractivity contribution in [3.8, 4) is 0 Å². The van der Waals surface area contributed by atoms with Crippen molar-refractivity contribution in [1.29, 1.82) is 0 Å². The molecule has 1 heterocycles. The molecule has 5 nitrogen and oxygen atoms in total. The maximum atomic E-state index is 11.8. The van der Waals surface area contributed by atoms with Crippen LogP contribution in [-0.4, -0.2) is 42.5 Å². The molecule has 0 aromatic carbocycles. The molecule has 1 rings (SSSR count). The van der Waals surface area contributed by atoms with E-state index < -0.39 is 0 Å². The van der Waals surface area contributed by atoms with Crippen LogP contribution >= 0.6 is 11.8 Å². The lowest BCUT2D eigenvalue weighted by atomic mass is 10.0. The minimum absolute atomic E-state index is 0.0419. The van der Waals surface area contributed by atoms with Gasteiger partial charge in [-0.2, -0.15) is 11.8 Å². The summed E-state index contributed by atoms with van der Waals surface area (Å²) < 4.78 is 0. The minimum atomic E-state index is -0.348. The van der Waals surface area contributed by atoms with Gasteiger partial charge in [0.1, 0.15) is 12.1 Å². The standard InChI is InChI=1S/C11H21N3O2S/c1-17-7-5-9-11(16)13-8(10(15)14-9)4-2-3-6-12/h8-9H,2-7,12H2,1H3,(H,13,16)(H,14,15)/p+1/t8-,9-/m0/s1. The average Bonchev–Trinajstić information content (AvgIpc) is 2.31. The van der Waals surface area contributed by atoms with Crippen LogP contribution in [0.3, 0.4) is 0 Å². The summed E-state index contributed by atoms with van der Waals surface area (Å²) in [5.74, 6) is 0.794. The first-order valence-corrected chi connectivity index (χ1v) is 7.47. The van der Waals surface area contributed by atoms with Gasteiger partial charge < -0.3 is 16.4 Å². The topological polar surface area (TPSA) is 85.8 Å². The van der Waals surface area contributed by atoms with Gasteiger partial charge in [0.2, 0.25) is 11.8 Å². The van der Waals surface area contributed by atoms with Crippen LogP contribution < -0.4 is 16.4 Å². The molecule has 0 aromatic rings. The molecule has 5 N–H and O–H groups in total. The molecule has 1 aliphatic heterocycles. The highest BCUT2D eigenvalue weighted by Gasteiger charge is 2.32. The summed E-state index contributed by atoms with van der Waals surface area (Å²) in [4.78, 5) is 23.5. The van der Waals surface area contributed by atoms with Gasteiger partial charge in [0.25, 0.3) is 0 Å². The van der Waals surface area contributed by atoms with Crippen LogP contribution in [0.1, 0.15) is 25.7 Å². The van der Waals surface area contributed by atoms with Gasteiger partial charge in [-0.05, 0) is 37.7 Å². The van der Waals surface area contributed by atoms with Gasteiger partial charge in [-0.3, -0.25) is 9.59 Å². The fourth-order valence-electron chi connectivity index (χ4n) is 1.84. The Hall–Kier alpha value is -0.750. The summed E-state index contributed by atoms with van der Waals surface area (Å²) in [6, 6.07) is -0.696. The molecular formula is C11H22N3O2S+. The molecule has 0 aromatic heterocycles. The zero-order chi connectivity index (χ0) is 12.7. The van der Waals surface area contributed by atoms with Crippen molar-refractivity contribution in [2.45, 2.75) is 37.8 Å². The normalized spacial score (nSPS) is 24.4. The number of unbranched alkanes of at least 4 members (excludes halogenated alkanes) is 1. The van der Waals surface area contributed by atoms with E-state index in [2.05, 4.69) is 16.4 Å². The van der Waals surface area contributed by atoms with Crippen LogP contribution in [-0.2, 0) is 9.59 Å². The lowest BCUT2D eigenvalue weighted by molar-refractivity contribution is -0.368. The number of amides is 2. The number of quaternary nitrogens is 1. The van der Waals surface area contributed by atoms with E-state index in [-0.39, 0.29) is 23.9 Å². The van der Waals surface area contributed by atoms with Crippen molar-refractivity contribution < 1.29 is 15.3 Å². The van der Waals surface area contributed by atoms with Crippen LogP contribution in [0, 0.1) is 0 Å². The average molecular weight is 260 g/mol. The van der Waals surface area contributed by atoms with Crippen molar-refractivity contribution in [1.82, 2.24) is 10.6 Å². The highest BCUT2D eigenvalue weighted by Crippen LogP contribution is 2.09. The van der Waals surface area contributed by atoms with E-state index in [9.17, 15) is 9.59 Å². The summed E-state index contributed by atoms with van der Waals surface area (Å²) in [5, 5.41) is 5.60. The Morgan fingerprint density at radius 1 is 1.12 bits per heavy atom. The molecule has 0 radical (unpaired) electrons. The molecule has 0 aliphatic carbocycles. The Morgan fingerprint density at radius 2 is 1.71 bits per heavy atom. The van der Waals surface area contributed by atoms with Gasteiger partial charge in [0.05, 0.1) is 6.54 Å². The first kappa shape index (κ1) is 14.3. The van der Waals surface area contributed by atoms with Crippen molar-refractivity contribution in [3.05, 3.63) is 0 Å². The minimum Gasteiger partial charge on any atom is -0.358 e. The molecule has 2 atom stereocenters. The van der Waals surface area contributed by atoms with Crippen molar-refractivity contribution in [2.75, 3.05) is 18.6 Å². The summed E-state index contributed by atoms with van der Waals surface area (Å²) in [5.41, 5.74) is 3.76. The van der Waals surface area contributed by atoms with E-state index >= 15 is 0 Å². The Morgan fingerprint density at radius 3 is 2.24 bits per heavy atom. The number of nitrogens with one attached hydrogen (secondary N) is 2. The quantitative estimate of drug-likeness (QED) is 0.520. The fraction of sp³-hybridized carbons (Fsp3) is 0.818. The molecule has 6 heteroatoms. The molecule has 0 bridgehead atoms. The van der Waals surface area contributed by atoms with Gasteiger partial charge in [-0.25, -0.2) is 0 Å². The predicted octanol–water partition coefficient (Wildman–Crippen LogP) is -0.865. The third-order valence-electron chi connectivity index (χ3n) is 2.87. The number of rotatable bonds is 7. The number of carbonyl (C=O) groups excluding carboxylic acids is 2. The zero-order valence-corrected chi connectivity index (χ0v) is 11.1. The number of hydrogen-bond donors (Lipinski definition) is 3. The molecule has 17 heavy (non-hydrogen) atoms. The Bertz CT molecular complexity index is 273. The highest BCUT2D eigenvalue weighted by molar-refractivity contribution is 7.98. The third-order valence-corrected chi connectivity index (χ3v) is 3.51. The first-order chi connectivity index (χ1) is 8.19. The molecule has 0 saturated carbocycles. The molecule has 0 unspecified atom stereocenters. The van der Waals surface area contributed by atoms with E-state index in [1.807, 2.05) is 6.26 Å². The van der Waals surface area contributed by atoms with E-state index in [0.717, 1.165) is 25.1 Å². The number of hydrogen-bond acceptors (Lipinski definition) is 3. The predicted molar refractivity (Wildman–Crippen MR) is 68.5 cm³/mol. The van der Waals surface area contributed by atoms with Gasteiger partial charge in [-0.15, -0.1) is 0 Å². The maximum Gasteiger partial charge on any atom is 0.243 e. The van der Waals surface area contributed by atoms with Gasteiger partial charge in [-0.1, -0.05) is 0 Å². The number of thioether (sulfide) groups is 1. The molecule has 98 valence electrons. The molecule has 2 amide bonds. The van der Waals surface area contributed by atoms with E-state index in [0.29, 0.717) is 12.8 Å². The Labute approximate surface area is 106 Å². The Kier molecular flexibility index (Phi) is 6.36. The van der Waals surface area contributed by atoms with Crippen LogP contribution in [0.5, 0.6) is 0 Å². The molecule has 0 spiro atoms. The third kappa shape index (κ3) is 4.55. The van der Waals surface area contributed by atoms with Gasteiger partial charge >= 0.3 is 0 Å². The van der Waals surface area contributed by atoms with E-state index in [1.165, 1.54) is 0 Å². The largest absolute Gasteiger partial charge is 0.358 e. The molecular weight excluding hydrogens is 238 g/mol. The van der Waals surface area contributed by atoms with Crippen molar-refractivity contribution in [2.24, 2.45) is 0 Å². The second-order valence-corrected chi connectivity index (χ2v) is 5.24. The SMILES string of the molecule is CSCC[C@@H]1NC(=O)[C@H](CCCC[NH3+])NC1=O. The van der Waals surface area contributed by atoms with E-state index in [1.54, 1.807) is 11.8 Å². The molecule has 1 saturated heterocycles. The van der Waals surface area contributed by atoms with Crippen LogP contribution in [0.2, 0.25) is 0 Å². The number of carbonyl (C=O) groups is 2. The summed E-state index contributed by atoms with van der Waals surface area (Å²) >= 11 is 1.68. The van der Waals surface area contributed by atoms with Crippen LogP contribution in [0.4, 0.5) is 0 Å². The van der Waals surface area contributed by atoms with Crippen molar-refractivity contribution >= 4 is 23.6 Å². The Balaban J connectivity index is 2.38. The van der Waals surface area contributed by atoms with Gasteiger partial charge in [0.15, 0.2) is 0 Å². The van der Waals surface area contributed by atoms with Gasteiger partial charge in [0, 0.05) is 0 Å². The first-order valence-electron chi connectivity index (χ1n) is 6.08. The number of piperazine rings is 1. The summed E-state index contributed by atoms with van der Waals surface area (Å²) in [6.45, 7) is 0.874. The monoisotopic (exact) mass is 260 g/mol. The van der Waals surface area contributed by atoms with E-state index in [4.69, 9.17) is 0 Å². The molecule has 1 fully saturated rings. The van der Waals surface area contributed by atoms with Crippen LogP contribution in [0.15, 0.2) is 0 Å². The fourth-order valence-corrected chi connectivity index (χ4v) is 2.31. The molecule has 1 aliphatic rings. The second kappa shape index (κ2) is 7.55. The lowest BCUT2D eigenvalue weighted by Gasteiger charge is -2.29. The summed E-state index contributed by atoms with van der Waals surface area (Å²) in [7, 11) is 0. The zero-order valence-electron chi connectivity index (χ0n) is 10.3. The second-order valence-electron chi connectivity index (χ2n) is 4.25. The van der Waals surface area contributed by atoms with Crippen molar-refractivity contribution in [3.63, 3.8) is 0 Å². The highest BCUT2D eigenvalue weighted by atomic mass is 32.2.